The molecule has 2 aromatic rings. The van der Waals surface area contributed by atoms with E-state index in [4.69, 9.17) is 9.26 Å². The maximum Gasteiger partial charge on any atom is 0.240 e. The summed E-state index contributed by atoms with van der Waals surface area (Å²) < 4.78 is 11.1. The van der Waals surface area contributed by atoms with Crippen LogP contribution in [-0.4, -0.2) is 35.2 Å². The molecule has 0 aliphatic carbocycles. The summed E-state index contributed by atoms with van der Waals surface area (Å²) in [5.74, 6) is 2.42. The molecule has 0 aliphatic rings. The van der Waals surface area contributed by atoms with E-state index in [-0.39, 0.29) is 0 Å². The normalized spacial score (nSPS) is 11.1. The zero-order chi connectivity index (χ0) is 15.8. The number of ether oxygens (including phenoxy) is 1. The largest absolute Gasteiger partial charge is 0.492 e. The number of rotatable bonds is 9. The van der Waals surface area contributed by atoms with Crippen LogP contribution in [0.3, 0.4) is 0 Å². The minimum atomic E-state index is 0.637. The SMILES string of the molecule is CCCCc1noc(CN(C)CCOc2ccccc2C)n1. The molecule has 0 unspecified atom stereocenters. The Morgan fingerprint density at radius 3 is 2.86 bits per heavy atom. The second kappa shape index (κ2) is 8.54. The van der Waals surface area contributed by atoms with E-state index in [1.165, 1.54) is 0 Å². The van der Waals surface area contributed by atoms with Gasteiger partial charge in [0, 0.05) is 13.0 Å². The van der Waals surface area contributed by atoms with Gasteiger partial charge in [-0.1, -0.05) is 36.7 Å². The summed E-state index contributed by atoms with van der Waals surface area (Å²) in [7, 11) is 2.02. The van der Waals surface area contributed by atoms with E-state index >= 15 is 0 Å². The van der Waals surface area contributed by atoms with Gasteiger partial charge in [-0.2, -0.15) is 4.98 Å². The topological polar surface area (TPSA) is 51.4 Å². The van der Waals surface area contributed by atoms with Gasteiger partial charge in [0.2, 0.25) is 5.89 Å². The smallest absolute Gasteiger partial charge is 0.240 e. The number of hydrogen-bond acceptors (Lipinski definition) is 5. The zero-order valence-corrected chi connectivity index (χ0v) is 13.7. The van der Waals surface area contributed by atoms with Gasteiger partial charge < -0.3 is 9.26 Å². The molecule has 2 rings (SSSR count). The van der Waals surface area contributed by atoms with Crippen molar-refractivity contribution in [2.45, 2.75) is 39.7 Å². The molecule has 0 radical (unpaired) electrons. The predicted octanol–water partition coefficient (Wildman–Crippen LogP) is 3.23. The number of aromatic nitrogens is 2. The molecule has 5 nitrogen and oxygen atoms in total. The minimum Gasteiger partial charge on any atom is -0.492 e. The Balaban J connectivity index is 1.72. The van der Waals surface area contributed by atoms with Crippen molar-refractivity contribution in [3.05, 3.63) is 41.5 Å². The summed E-state index contributed by atoms with van der Waals surface area (Å²) in [6.45, 7) is 6.30. The van der Waals surface area contributed by atoms with Gasteiger partial charge in [-0.3, -0.25) is 4.90 Å². The van der Waals surface area contributed by atoms with E-state index in [2.05, 4.69) is 35.0 Å². The zero-order valence-electron chi connectivity index (χ0n) is 13.7. The monoisotopic (exact) mass is 303 g/mol. The highest BCUT2D eigenvalue weighted by atomic mass is 16.5. The van der Waals surface area contributed by atoms with Crippen LogP contribution in [0.2, 0.25) is 0 Å². The number of para-hydroxylation sites is 1. The standard InChI is InChI=1S/C17H25N3O2/c1-4-5-10-16-18-17(22-19-16)13-20(3)11-12-21-15-9-7-6-8-14(15)2/h6-9H,4-5,10-13H2,1-3H3. The highest BCUT2D eigenvalue weighted by molar-refractivity contribution is 5.31. The number of nitrogens with zero attached hydrogens (tertiary/aromatic N) is 3. The molecule has 0 bridgehead atoms. The van der Waals surface area contributed by atoms with Gasteiger partial charge in [0.15, 0.2) is 5.82 Å². The first-order chi connectivity index (χ1) is 10.7. The first-order valence-corrected chi connectivity index (χ1v) is 7.87. The molecule has 1 aromatic carbocycles. The van der Waals surface area contributed by atoms with E-state index in [1.54, 1.807) is 0 Å². The molecule has 0 aliphatic heterocycles. The fourth-order valence-electron chi connectivity index (χ4n) is 2.13. The first-order valence-electron chi connectivity index (χ1n) is 7.87. The molecule has 120 valence electrons. The predicted molar refractivity (Wildman–Crippen MR) is 85.9 cm³/mol. The molecule has 1 aromatic heterocycles. The molecule has 0 saturated carbocycles. The summed E-state index contributed by atoms with van der Waals surface area (Å²) in [4.78, 5) is 6.53. The average Bonchev–Trinajstić information content (AvgIpc) is 2.94. The van der Waals surface area contributed by atoms with Crippen LogP contribution in [0.15, 0.2) is 28.8 Å². The van der Waals surface area contributed by atoms with Crippen LogP contribution in [0.5, 0.6) is 5.75 Å². The van der Waals surface area contributed by atoms with E-state index in [0.717, 1.165) is 42.9 Å². The number of benzene rings is 1. The van der Waals surface area contributed by atoms with Gasteiger partial charge in [-0.15, -0.1) is 0 Å². The second-order valence-corrected chi connectivity index (χ2v) is 5.56. The molecule has 5 heteroatoms. The average molecular weight is 303 g/mol. The Kier molecular flexibility index (Phi) is 6.40. The van der Waals surface area contributed by atoms with Gasteiger partial charge in [-0.25, -0.2) is 0 Å². The fraction of sp³-hybridized carbons (Fsp3) is 0.529. The molecule has 1 heterocycles. The maximum absolute atomic E-state index is 5.80. The number of unbranched alkanes of at least 4 members (excludes halogenated alkanes) is 1. The van der Waals surface area contributed by atoms with Crippen molar-refractivity contribution in [2.75, 3.05) is 20.2 Å². The quantitative estimate of drug-likeness (QED) is 0.712. The lowest BCUT2D eigenvalue weighted by Crippen LogP contribution is -2.24. The Hall–Kier alpha value is -1.88. The van der Waals surface area contributed by atoms with Gasteiger partial charge in [0.1, 0.15) is 12.4 Å². The first kappa shape index (κ1) is 16.5. The van der Waals surface area contributed by atoms with Crippen LogP contribution in [0.25, 0.3) is 0 Å². The third kappa shape index (κ3) is 5.15. The van der Waals surface area contributed by atoms with Crippen LogP contribution in [0.1, 0.15) is 37.0 Å². The Morgan fingerprint density at radius 2 is 2.09 bits per heavy atom. The van der Waals surface area contributed by atoms with E-state index in [1.807, 2.05) is 25.2 Å². The van der Waals surface area contributed by atoms with Crippen LogP contribution >= 0.6 is 0 Å². The van der Waals surface area contributed by atoms with Crippen molar-refractivity contribution in [3.8, 4) is 5.75 Å². The van der Waals surface area contributed by atoms with Crippen molar-refractivity contribution in [1.82, 2.24) is 15.0 Å². The molecule has 0 spiro atoms. The molecule has 22 heavy (non-hydrogen) atoms. The number of hydrogen-bond donors (Lipinski definition) is 0. The van der Waals surface area contributed by atoms with Crippen molar-refractivity contribution in [2.24, 2.45) is 0 Å². The Labute approximate surface area is 132 Å². The molecule has 0 atom stereocenters. The molecule has 0 amide bonds. The van der Waals surface area contributed by atoms with Crippen molar-refractivity contribution in [3.63, 3.8) is 0 Å². The Morgan fingerprint density at radius 1 is 1.27 bits per heavy atom. The van der Waals surface area contributed by atoms with Crippen molar-refractivity contribution < 1.29 is 9.26 Å². The molecular weight excluding hydrogens is 278 g/mol. The van der Waals surface area contributed by atoms with Crippen LogP contribution < -0.4 is 4.74 Å². The van der Waals surface area contributed by atoms with Crippen molar-refractivity contribution >= 4 is 0 Å². The Bertz CT molecular complexity index is 569. The summed E-state index contributed by atoms with van der Waals surface area (Å²) in [6.07, 6.45) is 3.12. The number of likely N-dealkylation sites (N-methyl/N-ethyl adjacent to an activating group) is 1. The highest BCUT2D eigenvalue weighted by Gasteiger charge is 2.09. The minimum absolute atomic E-state index is 0.637. The number of aryl methyl sites for hydroxylation is 2. The molecule has 0 N–H and O–H groups in total. The van der Waals surface area contributed by atoms with E-state index in [0.29, 0.717) is 19.0 Å². The summed E-state index contributed by atoms with van der Waals surface area (Å²) in [5.41, 5.74) is 1.16. The highest BCUT2D eigenvalue weighted by Crippen LogP contribution is 2.15. The van der Waals surface area contributed by atoms with Crippen LogP contribution in [0, 0.1) is 6.92 Å². The summed E-state index contributed by atoms with van der Waals surface area (Å²) >= 11 is 0. The summed E-state index contributed by atoms with van der Waals surface area (Å²) in [5, 5.41) is 4.00. The van der Waals surface area contributed by atoms with Crippen LogP contribution in [-0.2, 0) is 13.0 Å². The van der Waals surface area contributed by atoms with Gasteiger partial charge in [0.25, 0.3) is 0 Å². The molecule has 0 saturated heterocycles. The second-order valence-electron chi connectivity index (χ2n) is 5.56. The lowest BCUT2D eigenvalue weighted by atomic mass is 10.2. The van der Waals surface area contributed by atoms with Gasteiger partial charge >= 0.3 is 0 Å². The van der Waals surface area contributed by atoms with Crippen LogP contribution in [0.4, 0.5) is 0 Å². The van der Waals surface area contributed by atoms with Crippen molar-refractivity contribution in [1.29, 1.82) is 0 Å². The van der Waals surface area contributed by atoms with E-state index < -0.39 is 0 Å². The maximum atomic E-state index is 5.80. The fourth-order valence-corrected chi connectivity index (χ4v) is 2.13. The van der Waals surface area contributed by atoms with Gasteiger partial charge in [0.05, 0.1) is 6.54 Å². The summed E-state index contributed by atoms with van der Waals surface area (Å²) in [6, 6.07) is 8.05. The lowest BCUT2D eigenvalue weighted by molar-refractivity contribution is 0.212. The van der Waals surface area contributed by atoms with Gasteiger partial charge in [-0.05, 0) is 32.0 Å². The lowest BCUT2D eigenvalue weighted by Gasteiger charge is -2.15. The third-order valence-corrected chi connectivity index (χ3v) is 3.49. The molecule has 0 fully saturated rings. The third-order valence-electron chi connectivity index (χ3n) is 3.49. The van der Waals surface area contributed by atoms with E-state index in [9.17, 15) is 0 Å². The molecular formula is C17H25N3O2.